The van der Waals surface area contributed by atoms with Gasteiger partial charge in [0.2, 0.25) is 11.8 Å². The molecule has 22 heavy (non-hydrogen) atoms. The molecule has 120 valence electrons. The summed E-state index contributed by atoms with van der Waals surface area (Å²) < 4.78 is 5.65. The van der Waals surface area contributed by atoms with Gasteiger partial charge in [-0.05, 0) is 38.1 Å². The first-order chi connectivity index (χ1) is 10.4. The Bertz CT molecular complexity index is 520. The molecular formula is C16H23N3O3. The van der Waals surface area contributed by atoms with E-state index in [1.807, 2.05) is 13.8 Å². The topological polar surface area (TPSA) is 70.7 Å². The number of carbonyl (C=O) groups excluding carboxylic acids is 2. The number of ether oxygens (including phenoxy) is 1. The number of amides is 2. The lowest BCUT2D eigenvalue weighted by atomic mass is 10.2. The number of hydrogen-bond donors (Lipinski definition) is 2. The van der Waals surface area contributed by atoms with Gasteiger partial charge in [0.05, 0.1) is 18.8 Å². The second-order valence-electron chi connectivity index (χ2n) is 5.76. The summed E-state index contributed by atoms with van der Waals surface area (Å²) >= 11 is 0. The first-order valence-corrected chi connectivity index (χ1v) is 7.47. The van der Waals surface area contributed by atoms with Crippen LogP contribution in [0, 0.1) is 0 Å². The van der Waals surface area contributed by atoms with Crippen LogP contribution in [-0.4, -0.2) is 48.6 Å². The average molecular weight is 305 g/mol. The highest BCUT2D eigenvalue weighted by atomic mass is 16.5. The van der Waals surface area contributed by atoms with Crippen LogP contribution < -0.4 is 10.6 Å². The van der Waals surface area contributed by atoms with Crippen LogP contribution in [0.25, 0.3) is 0 Å². The van der Waals surface area contributed by atoms with E-state index in [2.05, 4.69) is 15.5 Å². The first-order valence-electron chi connectivity index (χ1n) is 7.47. The lowest BCUT2D eigenvalue weighted by molar-refractivity contribution is -0.121. The zero-order chi connectivity index (χ0) is 16.1. The van der Waals surface area contributed by atoms with E-state index >= 15 is 0 Å². The zero-order valence-electron chi connectivity index (χ0n) is 13.3. The predicted octanol–water partition coefficient (Wildman–Crippen LogP) is 1.69. The number of benzene rings is 1. The van der Waals surface area contributed by atoms with Crippen molar-refractivity contribution in [3.8, 4) is 0 Å². The lowest BCUT2D eigenvalue weighted by Gasteiger charge is -2.34. The van der Waals surface area contributed by atoms with Gasteiger partial charge in [-0.25, -0.2) is 0 Å². The Morgan fingerprint density at radius 3 is 2.09 bits per heavy atom. The van der Waals surface area contributed by atoms with Crippen LogP contribution in [0.2, 0.25) is 0 Å². The second kappa shape index (κ2) is 7.38. The molecule has 0 aliphatic carbocycles. The number of nitrogens with one attached hydrogen (secondary N) is 2. The van der Waals surface area contributed by atoms with E-state index in [0.717, 1.165) is 13.1 Å². The van der Waals surface area contributed by atoms with Crippen LogP contribution in [-0.2, 0) is 14.3 Å². The third kappa shape index (κ3) is 5.13. The number of rotatable bonds is 4. The van der Waals surface area contributed by atoms with Crippen molar-refractivity contribution in [1.82, 2.24) is 4.90 Å². The molecule has 0 aromatic heterocycles. The summed E-state index contributed by atoms with van der Waals surface area (Å²) in [6, 6.07) is 7.06. The SMILES string of the molecule is CC(=O)Nc1ccc(NC(=O)CN2C[C@H](C)O[C@@H](C)C2)cc1. The Balaban J connectivity index is 1.85. The van der Waals surface area contributed by atoms with Crippen molar-refractivity contribution < 1.29 is 14.3 Å². The normalized spacial score (nSPS) is 22.1. The van der Waals surface area contributed by atoms with E-state index in [1.165, 1.54) is 6.92 Å². The van der Waals surface area contributed by atoms with Crippen molar-refractivity contribution in [2.45, 2.75) is 33.0 Å². The van der Waals surface area contributed by atoms with Crippen molar-refractivity contribution in [1.29, 1.82) is 0 Å². The number of hydrogen-bond acceptors (Lipinski definition) is 4. The Kier molecular flexibility index (Phi) is 5.51. The Hall–Kier alpha value is -1.92. The second-order valence-corrected chi connectivity index (χ2v) is 5.76. The van der Waals surface area contributed by atoms with Gasteiger partial charge in [0.25, 0.3) is 0 Å². The standard InChI is InChI=1S/C16H23N3O3/c1-11-8-19(9-12(2)22-11)10-16(21)18-15-6-4-14(5-7-15)17-13(3)20/h4-7,11-12H,8-10H2,1-3H3,(H,17,20)(H,18,21)/t11-,12-/m0/s1. The summed E-state index contributed by atoms with van der Waals surface area (Å²) in [5, 5.41) is 5.55. The predicted molar refractivity (Wildman–Crippen MR) is 85.8 cm³/mol. The molecule has 1 fully saturated rings. The van der Waals surface area contributed by atoms with Crippen LogP contribution in [0.15, 0.2) is 24.3 Å². The van der Waals surface area contributed by atoms with Gasteiger partial charge in [-0.1, -0.05) is 0 Å². The van der Waals surface area contributed by atoms with E-state index in [-0.39, 0.29) is 24.0 Å². The molecule has 1 saturated heterocycles. The Morgan fingerprint density at radius 1 is 1.09 bits per heavy atom. The molecule has 1 heterocycles. The molecule has 2 amide bonds. The lowest BCUT2D eigenvalue weighted by Crippen LogP contribution is -2.48. The summed E-state index contributed by atoms with van der Waals surface area (Å²) in [4.78, 5) is 25.1. The largest absolute Gasteiger partial charge is 0.373 e. The molecule has 0 saturated carbocycles. The Morgan fingerprint density at radius 2 is 1.59 bits per heavy atom. The molecule has 0 unspecified atom stereocenters. The van der Waals surface area contributed by atoms with E-state index in [1.54, 1.807) is 24.3 Å². The molecule has 0 radical (unpaired) electrons. The molecular weight excluding hydrogens is 282 g/mol. The van der Waals surface area contributed by atoms with E-state index in [0.29, 0.717) is 17.9 Å². The van der Waals surface area contributed by atoms with Gasteiger partial charge in [-0.3, -0.25) is 14.5 Å². The molecule has 2 rings (SSSR count). The minimum absolute atomic E-state index is 0.0476. The number of carbonyl (C=O) groups is 2. The number of nitrogens with zero attached hydrogens (tertiary/aromatic N) is 1. The minimum Gasteiger partial charge on any atom is -0.373 e. The van der Waals surface area contributed by atoms with Crippen molar-refractivity contribution in [2.75, 3.05) is 30.3 Å². The fourth-order valence-corrected chi connectivity index (χ4v) is 2.66. The molecule has 1 aliphatic rings. The van der Waals surface area contributed by atoms with Gasteiger partial charge in [0.1, 0.15) is 0 Å². The number of anilines is 2. The molecule has 1 aliphatic heterocycles. The van der Waals surface area contributed by atoms with Crippen molar-refractivity contribution >= 4 is 23.2 Å². The summed E-state index contributed by atoms with van der Waals surface area (Å²) in [5.74, 6) is -0.166. The molecule has 2 N–H and O–H groups in total. The van der Waals surface area contributed by atoms with Gasteiger partial charge in [-0.15, -0.1) is 0 Å². The summed E-state index contributed by atoms with van der Waals surface area (Å²) in [6.07, 6.45) is 0.293. The minimum atomic E-state index is -0.118. The molecule has 1 aromatic carbocycles. The average Bonchev–Trinajstić information content (AvgIpc) is 2.39. The van der Waals surface area contributed by atoms with Gasteiger partial charge in [0.15, 0.2) is 0 Å². The molecule has 0 spiro atoms. The Labute approximate surface area is 130 Å². The van der Waals surface area contributed by atoms with E-state index in [4.69, 9.17) is 4.74 Å². The van der Waals surface area contributed by atoms with Gasteiger partial charge >= 0.3 is 0 Å². The first kappa shape index (κ1) is 16.5. The number of morpholine rings is 1. The van der Waals surface area contributed by atoms with Gasteiger partial charge in [0, 0.05) is 31.4 Å². The van der Waals surface area contributed by atoms with E-state index < -0.39 is 0 Å². The van der Waals surface area contributed by atoms with Crippen LogP contribution in [0.4, 0.5) is 11.4 Å². The smallest absolute Gasteiger partial charge is 0.238 e. The summed E-state index contributed by atoms with van der Waals surface area (Å²) in [5.41, 5.74) is 1.43. The maximum Gasteiger partial charge on any atom is 0.238 e. The summed E-state index contributed by atoms with van der Waals surface area (Å²) in [6.45, 7) is 7.37. The van der Waals surface area contributed by atoms with Gasteiger partial charge < -0.3 is 15.4 Å². The molecule has 6 heteroatoms. The monoisotopic (exact) mass is 305 g/mol. The molecule has 1 aromatic rings. The van der Waals surface area contributed by atoms with E-state index in [9.17, 15) is 9.59 Å². The van der Waals surface area contributed by atoms with Crippen molar-refractivity contribution in [2.24, 2.45) is 0 Å². The quantitative estimate of drug-likeness (QED) is 0.888. The van der Waals surface area contributed by atoms with Crippen LogP contribution >= 0.6 is 0 Å². The molecule has 0 bridgehead atoms. The van der Waals surface area contributed by atoms with Crippen molar-refractivity contribution in [3.05, 3.63) is 24.3 Å². The molecule has 6 nitrogen and oxygen atoms in total. The highest BCUT2D eigenvalue weighted by Crippen LogP contribution is 2.14. The fraction of sp³-hybridized carbons (Fsp3) is 0.500. The zero-order valence-corrected chi connectivity index (χ0v) is 13.3. The third-order valence-electron chi connectivity index (χ3n) is 3.35. The molecule has 2 atom stereocenters. The highest BCUT2D eigenvalue weighted by molar-refractivity contribution is 5.93. The maximum absolute atomic E-state index is 12.1. The van der Waals surface area contributed by atoms with Gasteiger partial charge in [-0.2, -0.15) is 0 Å². The maximum atomic E-state index is 12.1. The van der Waals surface area contributed by atoms with Crippen molar-refractivity contribution in [3.63, 3.8) is 0 Å². The van der Waals surface area contributed by atoms with Crippen LogP contribution in [0.5, 0.6) is 0 Å². The third-order valence-corrected chi connectivity index (χ3v) is 3.35. The summed E-state index contributed by atoms with van der Waals surface area (Å²) in [7, 11) is 0. The highest BCUT2D eigenvalue weighted by Gasteiger charge is 2.23. The van der Waals surface area contributed by atoms with Crippen LogP contribution in [0.3, 0.4) is 0 Å². The fourth-order valence-electron chi connectivity index (χ4n) is 2.66. The van der Waals surface area contributed by atoms with Crippen LogP contribution in [0.1, 0.15) is 20.8 Å².